The summed E-state index contributed by atoms with van der Waals surface area (Å²) in [7, 11) is 0. The van der Waals surface area contributed by atoms with E-state index in [1.165, 1.54) is 31.5 Å². The minimum Gasteiger partial charge on any atom is -0.330 e. The zero-order valence-electron chi connectivity index (χ0n) is 10.6. The van der Waals surface area contributed by atoms with Gasteiger partial charge < -0.3 is 5.73 Å². The Balaban J connectivity index is 1.63. The number of hydrogen-bond acceptors (Lipinski definition) is 2. The van der Waals surface area contributed by atoms with Crippen LogP contribution < -0.4 is 5.73 Å². The number of benzene rings is 1. The maximum absolute atomic E-state index is 5.87. The van der Waals surface area contributed by atoms with E-state index >= 15 is 0 Å². The van der Waals surface area contributed by atoms with Gasteiger partial charge in [0.15, 0.2) is 0 Å². The first kappa shape index (κ1) is 11.2. The fraction of sp³-hybridized carbons (Fsp3) is 0.600. The Hall–Kier alpha value is -0.860. The van der Waals surface area contributed by atoms with Crippen LogP contribution in [-0.4, -0.2) is 30.6 Å². The molecule has 17 heavy (non-hydrogen) atoms. The van der Waals surface area contributed by atoms with Gasteiger partial charge >= 0.3 is 0 Å². The van der Waals surface area contributed by atoms with Crippen LogP contribution in [0.25, 0.3) is 0 Å². The van der Waals surface area contributed by atoms with Gasteiger partial charge in [0.05, 0.1) is 0 Å². The van der Waals surface area contributed by atoms with Crippen LogP contribution in [0.2, 0.25) is 0 Å². The van der Waals surface area contributed by atoms with Gasteiger partial charge in [0.2, 0.25) is 0 Å². The molecule has 1 saturated carbocycles. The third-order valence-electron chi connectivity index (χ3n) is 4.53. The molecule has 2 fully saturated rings. The van der Waals surface area contributed by atoms with Crippen molar-refractivity contribution in [2.45, 2.75) is 31.7 Å². The van der Waals surface area contributed by atoms with Crippen molar-refractivity contribution in [3.63, 3.8) is 0 Å². The summed E-state index contributed by atoms with van der Waals surface area (Å²) in [6.07, 6.45) is 2.60. The average molecular weight is 230 g/mol. The molecule has 3 atom stereocenters. The summed E-state index contributed by atoms with van der Waals surface area (Å²) in [6, 6.07) is 11.7. The highest BCUT2D eigenvalue weighted by Crippen LogP contribution is 2.47. The Morgan fingerprint density at radius 1 is 1.35 bits per heavy atom. The van der Waals surface area contributed by atoms with Gasteiger partial charge in [0.25, 0.3) is 0 Å². The van der Waals surface area contributed by atoms with E-state index in [4.69, 9.17) is 5.73 Å². The van der Waals surface area contributed by atoms with Crippen LogP contribution in [0.4, 0.5) is 0 Å². The monoisotopic (exact) mass is 230 g/mol. The van der Waals surface area contributed by atoms with E-state index in [0.29, 0.717) is 5.41 Å². The molecule has 2 nitrogen and oxygen atoms in total. The van der Waals surface area contributed by atoms with Crippen molar-refractivity contribution < 1.29 is 0 Å². The lowest BCUT2D eigenvalue weighted by Crippen LogP contribution is -2.32. The maximum atomic E-state index is 5.87. The highest BCUT2D eigenvalue weighted by molar-refractivity contribution is 5.28. The van der Waals surface area contributed by atoms with Crippen molar-refractivity contribution in [1.29, 1.82) is 0 Å². The fourth-order valence-electron chi connectivity index (χ4n) is 3.16. The van der Waals surface area contributed by atoms with E-state index in [0.717, 1.165) is 18.5 Å². The third kappa shape index (κ3) is 2.12. The molecular formula is C15H22N2. The first-order chi connectivity index (χ1) is 8.22. The number of likely N-dealkylation sites (tertiary alicyclic amines) is 1. The van der Waals surface area contributed by atoms with Gasteiger partial charge in [-0.3, -0.25) is 4.90 Å². The molecule has 1 aromatic carbocycles. The van der Waals surface area contributed by atoms with Gasteiger partial charge in [0.1, 0.15) is 0 Å². The predicted octanol–water partition coefficient (Wildman–Crippen LogP) is 2.21. The Bertz CT molecular complexity index is 389. The van der Waals surface area contributed by atoms with Crippen molar-refractivity contribution in [3.05, 3.63) is 35.9 Å². The molecule has 0 bridgehead atoms. The summed E-state index contributed by atoms with van der Waals surface area (Å²) in [5.41, 5.74) is 7.75. The zero-order valence-corrected chi connectivity index (χ0v) is 10.6. The van der Waals surface area contributed by atoms with Crippen LogP contribution in [-0.2, 0) is 0 Å². The molecule has 1 aliphatic heterocycles. The summed E-state index contributed by atoms with van der Waals surface area (Å²) < 4.78 is 0. The molecule has 0 aromatic heterocycles. The molecule has 0 amide bonds. The van der Waals surface area contributed by atoms with Crippen molar-refractivity contribution in [3.8, 4) is 0 Å². The molecule has 3 rings (SSSR count). The molecule has 1 saturated heterocycles. The highest BCUT2D eigenvalue weighted by Gasteiger charge is 2.46. The third-order valence-corrected chi connectivity index (χ3v) is 4.53. The molecule has 92 valence electrons. The second kappa shape index (κ2) is 4.11. The van der Waals surface area contributed by atoms with Gasteiger partial charge in [-0.25, -0.2) is 0 Å². The van der Waals surface area contributed by atoms with Gasteiger partial charge in [-0.2, -0.15) is 0 Å². The second-order valence-electron chi connectivity index (χ2n) is 6.06. The molecule has 1 aromatic rings. The van der Waals surface area contributed by atoms with E-state index in [-0.39, 0.29) is 0 Å². The van der Waals surface area contributed by atoms with Crippen LogP contribution in [0.15, 0.2) is 30.3 Å². The molecule has 2 N–H and O–H groups in total. The number of rotatable bonds is 3. The standard InChI is InChI=1S/C15H22N2/c1-15(10-16)7-8-17(11-15)14-9-13(14)12-5-3-2-4-6-12/h2-6,13-14H,7-11,16H2,1H3. The van der Waals surface area contributed by atoms with Gasteiger partial charge in [-0.1, -0.05) is 37.3 Å². The van der Waals surface area contributed by atoms with Crippen LogP contribution in [0.3, 0.4) is 0 Å². The molecular weight excluding hydrogens is 208 g/mol. The van der Waals surface area contributed by atoms with Gasteiger partial charge in [-0.05, 0) is 36.9 Å². The lowest BCUT2D eigenvalue weighted by atomic mass is 9.90. The second-order valence-corrected chi connectivity index (χ2v) is 6.06. The molecule has 0 radical (unpaired) electrons. The summed E-state index contributed by atoms with van der Waals surface area (Å²) in [6.45, 7) is 5.58. The first-order valence-electron chi connectivity index (χ1n) is 6.71. The lowest BCUT2D eigenvalue weighted by Gasteiger charge is -2.22. The van der Waals surface area contributed by atoms with E-state index in [1.807, 2.05) is 0 Å². The summed E-state index contributed by atoms with van der Waals surface area (Å²) in [5, 5.41) is 0. The van der Waals surface area contributed by atoms with E-state index < -0.39 is 0 Å². The highest BCUT2D eigenvalue weighted by atomic mass is 15.2. The Morgan fingerprint density at radius 3 is 2.76 bits per heavy atom. The quantitative estimate of drug-likeness (QED) is 0.862. The molecule has 2 aliphatic rings. The summed E-state index contributed by atoms with van der Waals surface area (Å²) in [4.78, 5) is 2.66. The van der Waals surface area contributed by atoms with Crippen LogP contribution in [0.1, 0.15) is 31.2 Å². The Morgan fingerprint density at radius 2 is 2.12 bits per heavy atom. The average Bonchev–Trinajstić information content (AvgIpc) is 3.08. The molecule has 0 spiro atoms. The molecule has 1 heterocycles. The topological polar surface area (TPSA) is 29.3 Å². The summed E-state index contributed by atoms with van der Waals surface area (Å²) in [5.74, 6) is 0.774. The smallest absolute Gasteiger partial charge is 0.0171 e. The molecule has 2 heteroatoms. The largest absolute Gasteiger partial charge is 0.330 e. The van der Waals surface area contributed by atoms with Crippen molar-refractivity contribution >= 4 is 0 Å². The van der Waals surface area contributed by atoms with Crippen molar-refractivity contribution in [2.75, 3.05) is 19.6 Å². The lowest BCUT2D eigenvalue weighted by molar-refractivity contribution is 0.269. The predicted molar refractivity (Wildman–Crippen MR) is 70.9 cm³/mol. The van der Waals surface area contributed by atoms with Gasteiger partial charge in [0, 0.05) is 18.5 Å². The van der Waals surface area contributed by atoms with Crippen LogP contribution >= 0.6 is 0 Å². The minimum atomic E-state index is 0.365. The molecule has 1 aliphatic carbocycles. The molecule has 3 unspecified atom stereocenters. The number of nitrogens with two attached hydrogens (primary N) is 1. The number of nitrogens with zero attached hydrogens (tertiary/aromatic N) is 1. The van der Waals surface area contributed by atoms with Gasteiger partial charge in [-0.15, -0.1) is 0 Å². The van der Waals surface area contributed by atoms with E-state index in [9.17, 15) is 0 Å². The Kier molecular flexibility index (Phi) is 2.72. The maximum Gasteiger partial charge on any atom is 0.0171 e. The minimum absolute atomic E-state index is 0.365. The van der Waals surface area contributed by atoms with E-state index in [1.54, 1.807) is 0 Å². The van der Waals surface area contributed by atoms with Crippen molar-refractivity contribution in [2.24, 2.45) is 11.1 Å². The van der Waals surface area contributed by atoms with Crippen LogP contribution in [0.5, 0.6) is 0 Å². The summed E-state index contributed by atoms with van der Waals surface area (Å²) >= 11 is 0. The SMILES string of the molecule is CC1(CN)CCN(C2CC2c2ccccc2)C1. The first-order valence-corrected chi connectivity index (χ1v) is 6.71. The van der Waals surface area contributed by atoms with E-state index in [2.05, 4.69) is 42.2 Å². The van der Waals surface area contributed by atoms with Crippen molar-refractivity contribution in [1.82, 2.24) is 4.90 Å². The fourth-order valence-corrected chi connectivity index (χ4v) is 3.16. The number of hydrogen-bond donors (Lipinski definition) is 1. The zero-order chi connectivity index (χ0) is 11.9. The normalized spacial score (nSPS) is 37.3. The Labute approximate surface area is 104 Å². The van der Waals surface area contributed by atoms with Crippen LogP contribution in [0, 0.1) is 5.41 Å².